The van der Waals surface area contributed by atoms with E-state index in [-0.39, 0.29) is 24.7 Å². The summed E-state index contributed by atoms with van der Waals surface area (Å²) in [6.07, 6.45) is -0.187. The quantitative estimate of drug-likeness (QED) is 0.246. The number of rotatable bonds is 8. The van der Waals surface area contributed by atoms with Crippen molar-refractivity contribution in [2.24, 2.45) is 0 Å². The van der Waals surface area contributed by atoms with Crippen LogP contribution in [0.3, 0.4) is 0 Å². The molecule has 0 bridgehead atoms. The monoisotopic (exact) mass is 561 g/mol. The van der Waals surface area contributed by atoms with E-state index in [1.54, 1.807) is 12.3 Å². The van der Waals surface area contributed by atoms with E-state index in [1.807, 2.05) is 37.3 Å². The van der Waals surface area contributed by atoms with Crippen molar-refractivity contribution in [3.05, 3.63) is 86.8 Å². The summed E-state index contributed by atoms with van der Waals surface area (Å²) in [4.78, 5) is 32.1. The Morgan fingerprint density at radius 2 is 1.95 bits per heavy atom. The third-order valence-electron chi connectivity index (χ3n) is 5.47. The highest BCUT2D eigenvalue weighted by atomic mass is 32.2. The van der Waals surface area contributed by atoms with Gasteiger partial charge in [-0.2, -0.15) is 13.2 Å². The Hall–Kier alpha value is -3.02. The van der Waals surface area contributed by atoms with Crippen LogP contribution < -0.4 is 5.32 Å². The van der Waals surface area contributed by atoms with Gasteiger partial charge >= 0.3 is 6.18 Å². The number of thiazole rings is 1. The van der Waals surface area contributed by atoms with Gasteiger partial charge in [-0.05, 0) is 36.6 Å². The highest BCUT2D eigenvalue weighted by molar-refractivity contribution is 8.26. The molecule has 0 atom stereocenters. The number of carbonyl (C=O) groups is 2. The molecule has 3 aromatic rings. The van der Waals surface area contributed by atoms with E-state index >= 15 is 0 Å². The number of amides is 2. The standard InChI is InChI=1S/C26H22F3N3O2S3/c1-16-7-9-17(10-8-16)14-21-23(34)32(25(35)37-21)11-3-6-22(33)31-24-30-15-20(36-24)13-18-4-2-5-19(12-18)26(27,28)29/h2,4-5,7-10,12,14-15H,3,6,11,13H2,1H3,(H,30,31,33)/b21-14-. The van der Waals surface area contributed by atoms with Gasteiger partial charge < -0.3 is 5.32 Å². The first-order valence-corrected chi connectivity index (χ1v) is 13.4. The summed E-state index contributed by atoms with van der Waals surface area (Å²) < 4.78 is 39.2. The molecule has 2 heterocycles. The lowest BCUT2D eigenvalue weighted by molar-refractivity contribution is -0.137. The molecule has 5 nitrogen and oxygen atoms in total. The Bertz CT molecular complexity index is 1350. The number of thiocarbonyl (C=S) groups is 1. The summed E-state index contributed by atoms with van der Waals surface area (Å²) in [6, 6.07) is 13.0. The molecule has 4 rings (SSSR count). The number of hydrogen-bond acceptors (Lipinski definition) is 6. The van der Waals surface area contributed by atoms with E-state index in [0.29, 0.717) is 32.9 Å². The highest BCUT2D eigenvalue weighted by Gasteiger charge is 2.32. The normalized spacial score (nSPS) is 15.0. The molecule has 1 N–H and O–H groups in total. The predicted molar refractivity (Wildman–Crippen MR) is 145 cm³/mol. The molecule has 0 saturated carbocycles. The number of halogens is 3. The number of thioether (sulfide) groups is 1. The zero-order valence-corrected chi connectivity index (χ0v) is 22.1. The SMILES string of the molecule is Cc1ccc(/C=C2\SC(=S)N(CCCC(=O)Nc3ncc(Cc4cccc(C(F)(F)F)c4)s3)C2=O)cc1. The van der Waals surface area contributed by atoms with Gasteiger partial charge in [-0.1, -0.05) is 72.0 Å². The second-order valence-corrected chi connectivity index (χ2v) is 11.2. The molecule has 1 saturated heterocycles. The molecule has 0 unspecified atom stereocenters. The van der Waals surface area contributed by atoms with Crippen LogP contribution in [-0.4, -0.2) is 32.6 Å². The molecule has 1 aliphatic heterocycles. The molecular formula is C26H22F3N3O2S3. The molecular weight excluding hydrogens is 540 g/mol. The minimum atomic E-state index is -4.40. The number of carbonyl (C=O) groups excluding carboxylic acids is 2. The van der Waals surface area contributed by atoms with Gasteiger partial charge in [-0.25, -0.2) is 4.98 Å². The summed E-state index contributed by atoms with van der Waals surface area (Å²) in [6.45, 7) is 2.32. The van der Waals surface area contributed by atoms with Gasteiger partial charge in [0.2, 0.25) is 5.91 Å². The molecule has 0 aliphatic carbocycles. The van der Waals surface area contributed by atoms with Gasteiger partial charge in [0.1, 0.15) is 4.32 Å². The number of nitrogens with one attached hydrogen (secondary N) is 1. The van der Waals surface area contributed by atoms with Gasteiger partial charge in [0, 0.05) is 30.5 Å². The summed E-state index contributed by atoms with van der Waals surface area (Å²) in [5.41, 5.74) is 1.86. The van der Waals surface area contributed by atoms with Crippen LogP contribution in [0.15, 0.2) is 59.6 Å². The fourth-order valence-corrected chi connectivity index (χ4v) is 5.76. The molecule has 0 radical (unpaired) electrons. The molecule has 192 valence electrons. The predicted octanol–water partition coefficient (Wildman–Crippen LogP) is 6.68. The van der Waals surface area contributed by atoms with Crippen LogP contribution in [-0.2, 0) is 22.2 Å². The topological polar surface area (TPSA) is 62.3 Å². The first-order chi connectivity index (χ1) is 17.6. The molecule has 2 amide bonds. The van der Waals surface area contributed by atoms with Crippen molar-refractivity contribution in [3.63, 3.8) is 0 Å². The van der Waals surface area contributed by atoms with Crippen LogP contribution in [0.1, 0.15) is 40.0 Å². The molecule has 1 aliphatic rings. The number of alkyl halides is 3. The first-order valence-electron chi connectivity index (χ1n) is 11.3. The van der Waals surface area contributed by atoms with Gasteiger partial charge in [0.25, 0.3) is 5.91 Å². The lowest BCUT2D eigenvalue weighted by Crippen LogP contribution is -2.29. The fourth-order valence-electron chi connectivity index (χ4n) is 3.59. The van der Waals surface area contributed by atoms with Crippen molar-refractivity contribution in [1.29, 1.82) is 0 Å². The van der Waals surface area contributed by atoms with E-state index in [4.69, 9.17) is 12.2 Å². The van der Waals surface area contributed by atoms with Gasteiger partial charge in [-0.3, -0.25) is 14.5 Å². The molecule has 2 aromatic carbocycles. The van der Waals surface area contributed by atoms with E-state index in [2.05, 4.69) is 10.3 Å². The Morgan fingerprint density at radius 3 is 2.68 bits per heavy atom. The molecule has 1 fully saturated rings. The lowest BCUT2D eigenvalue weighted by atomic mass is 10.1. The minimum absolute atomic E-state index is 0.163. The maximum atomic E-state index is 12.9. The molecule has 0 spiro atoms. The third kappa shape index (κ3) is 7.27. The smallest absolute Gasteiger partial charge is 0.302 e. The first kappa shape index (κ1) is 27.0. The highest BCUT2D eigenvalue weighted by Crippen LogP contribution is 2.33. The van der Waals surface area contributed by atoms with Crippen LogP contribution in [0.5, 0.6) is 0 Å². The van der Waals surface area contributed by atoms with Crippen LogP contribution in [0.4, 0.5) is 18.3 Å². The van der Waals surface area contributed by atoms with E-state index in [0.717, 1.165) is 28.1 Å². The number of hydrogen-bond donors (Lipinski definition) is 1. The minimum Gasteiger partial charge on any atom is -0.302 e. The van der Waals surface area contributed by atoms with Crippen LogP contribution >= 0.6 is 35.3 Å². The number of nitrogens with zero attached hydrogens (tertiary/aromatic N) is 2. The Labute approximate surface area is 225 Å². The van der Waals surface area contributed by atoms with Crippen molar-refractivity contribution in [2.45, 2.75) is 32.4 Å². The van der Waals surface area contributed by atoms with Gasteiger partial charge in [0.05, 0.1) is 10.5 Å². The Kier molecular flexibility index (Phi) is 8.46. The lowest BCUT2D eigenvalue weighted by Gasteiger charge is -2.13. The fraction of sp³-hybridized carbons (Fsp3) is 0.231. The summed E-state index contributed by atoms with van der Waals surface area (Å²) >= 11 is 7.81. The zero-order valence-electron chi connectivity index (χ0n) is 19.7. The van der Waals surface area contributed by atoms with E-state index in [1.165, 1.54) is 34.1 Å². The van der Waals surface area contributed by atoms with E-state index in [9.17, 15) is 22.8 Å². The van der Waals surface area contributed by atoms with Crippen molar-refractivity contribution in [1.82, 2.24) is 9.88 Å². The molecule has 37 heavy (non-hydrogen) atoms. The number of aromatic nitrogens is 1. The Balaban J connectivity index is 1.26. The van der Waals surface area contributed by atoms with Crippen molar-refractivity contribution < 1.29 is 22.8 Å². The second-order valence-electron chi connectivity index (χ2n) is 8.40. The van der Waals surface area contributed by atoms with Crippen LogP contribution in [0.25, 0.3) is 6.08 Å². The van der Waals surface area contributed by atoms with Crippen molar-refractivity contribution >= 4 is 62.7 Å². The summed E-state index contributed by atoms with van der Waals surface area (Å²) in [7, 11) is 0. The van der Waals surface area contributed by atoms with Crippen molar-refractivity contribution in [2.75, 3.05) is 11.9 Å². The summed E-state index contributed by atoms with van der Waals surface area (Å²) in [5, 5.41) is 3.09. The molecule has 1 aromatic heterocycles. The average molecular weight is 562 g/mol. The number of anilines is 1. The Morgan fingerprint density at radius 1 is 1.19 bits per heavy atom. The second kappa shape index (κ2) is 11.6. The third-order valence-corrected chi connectivity index (χ3v) is 7.76. The van der Waals surface area contributed by atoms with Gasteiger partial charge in [0.15, 0.2) is 5.13 Å². The van der Waals surface area contributed by atoms with Crippen LogP contribution in [0, 0.1) is 6.92 Å². The summed E-state index contributed by atoms with van der Waals surface area (Å²) in [5.74, 6) is -0.434. The van der Waals surface area contributed by atoms with E-state index < -0.39 is 11.7 Å². The largest absolute Gasteiger partial charge is 0.416 e. The zero-order chi connectivity index (χ0) is 26.6. The van der Waals surface area contributed by atoms with Crippen molar-refractivity contribution in [3.8, 4) is 0 Å². The maximum Gasteiger partial charge on any atom is 0.416 e. The number of benzene rings is 2. The maximum absolute atomic E-state index is 12.9. The van der Waals surface area contributed by atoms with Crippen LogP contribution in [0.2, 0.25) is 0 Å². The molecule has 11 heteroatoms. The number of aryl methyl sites for hydroxylation is 1. The van der Waals surface area contributed by atoms with Gasteiger partial charge in [-0.15, -0.1) is 11.3 Å². The average Bonchev–Trinajstić information content (AvgIpc) is 3.38.